The first-order valence-corrected chi connectivity index (χ1v) is 10.1. The number of aryl methyl sites for hydroxylation is 1. The summed E-state index contributed by atoms with van der Waals surface area (Å²) in [5.74, 6) is 0.894. The van der Waals surface area contributed by atoms with Gasteiger partial charge in [0.1, 0.15) is 11.1 Å². The number of aromatic nitrogens is 2. The molecule has 0 amide bonds. The van der Waals surface area contributed by atoms with E-state index in [1.54, 1.807) is 29.8 Å². The van der Waals surface area contributed by atoms with Crippen molar-refractivity contribution < 1.29 is 4.74 Å². The van der Waals surface area contributed by atoms with E-state index in [9.17, 15) is 0 Å². The number of rotatable bonds is 8. The topological polar surface area (TPSA) is 62.6 Å². The second-order valence-corrected chi connectivity index (χ2v) is 7.97. The van der Waals surface area contributed by atoms with Crippen molar-refractivity contribution in [3.63, 3.8) is 0 Å². The Labute approximate surface area is 158 Å². The first-order valence-electron chi connectivity index (χ1n) is 8.41. The highest BCUT2D eigenvalue weighted by atomic mass is 32.1. The minimum absolute atomic E-state index is 0.0349. The predicted octanol–water partition coefficient (Wildman–Crippen LogP) is 3.26. The smallest absolute Gasteiger partial charge is 0.194 e. The van der Waals surface area contributed by atoms with Gasteiger partial charge in [0, 0.05) is 50.1 Å². The summed E-state index contributed by atoms with van der Waals surface area (Å²) in [6.45, 7) is 8.45. The van der Waals surface area contributed by atoms with Crippen LogP contribution in [0.2, 0.25) is 0 Å². The maximum atomic E-state index is 5.33. The molecular weight excluding hydrogens is 354 g/mol. The molecule has 2 aromatic heterocycles. The van der Waals surface area contributed by atoms with Crippen LogP contribution in [-0.4, -0.2) is 48.1 Å². The Balaban J connectivity index is 1.95. The molecule has 1 N–H and O–H groups in total. The van der Waals surface area contributed by atoms with Gasteiger partial charge < -0.3 is 15.0 Å². The molecule has 1 atom stereocenters. The van der Waals surface area contributed by atoms with Gasteiger partial charge in [-0.25, -0.2) is 9.97 Å². The van der Waals surface area contributed by atoms with Crippen molar-refractivity contribution in [1.29, 1.82) is 0 Å². The first kappa shape index (κ1) is 19.8. The molecule has 0 saturated carbocycles. The molecule has 0 fully saturated rings. The molecule has 2 rings (SSSR count). The molecule has 25 heavy (non-hydrogen) atoms. The van der Waals surface area contributed by atoms with Gasteiger partial charge in [0.05, 0.1) is 17.2 Å². The molecule has 2 heterocycles. The normalized spacial score (nSPS) is 13.1. The second-order valence-electron chi connectivity index (χ2n) is 5.76. The summed E-state index contributed by atoms with van der Waals surface area (Å²) in [5.41, 5.74) is 1.03. The molecule has 8 heteroatoms. The summed E-state index contributed by atoms with van der Waals surface area (Å²) < 4.78 is 5.33. The van der Waals surface area contributed by atoms with Crippen LogP contribution in [0.25, 0.3) is 0 Å². The molecule has 0 aliphatic heterocycles. The highest BCUT2D eigenvalue weighted by Gasteiger charge is 2.12. The second kappa shape index (κ2) is 9.84. The number of methoxy groups -OCH3 is 1. The summed E-state index contributed by atoms with van der Waals surface area (Å²) in [5, 5.41) is 7.57. The largest absolute Gasteiger partial charge is 0.375 e. The lowest BCUT2D eigenvalue weighted by molar-refractivity contribution is 0.119. The van der Waals surface area contributed by atoms with Crippen molar-refractivity contribution in [3.8, 4) is 0 Å². The molecular formula is C17H27N5OS2. The van der Waals surface area contributed by atoms with Crippen molar-refractivity contribution in [2.75, 3.05) is 27.2 Å². The van der Waals surface area contributed by atoms with Crippen LogP contribution < -0.4 is 5.32 Å². The van der Waals surface area contributed by atoms with E-state index < -0.39 is 0 Å². The fraction of sp³-hybridized carbons (Fsp3) is 0.588. The summed E-state index contributed by atoms with van der Waals surface area (Å²) in [7, 11) is 3.74. The van der Waals surface area contributed by atoms with Gasteiger partial charge in [-0.15, -0.1) is 22.7 Å². The Morgan fingerprint density at radius 3 is 2.92 bits per heavy atom. The van der Waals surface area contributed by atoms with Crippen LogP contribution in [0.4, 0.5) is 0 Å². The third kappa shape index (κ3) is 6.05. The molecule has 0 spiro atoms. The van der Waals surface area contributed by atoms with Crippen LogP contribution in [0.3, 0.4) is 0 Å². The average molecular weight is 382 g/mol. The standard InChI is InChI=1S/C17H27N5OS2/c1-6-18-17(19-8-7-15-20-9-12(2)25-15)22(4)10-14-11-24-16(21-14)13(3)23-5/h9,11,13H,6-8,10H2,1-5H3,(H,18,19). The van der Waals surface area contributed by atoms with E-state index in [4.69, 9.17) is 9.73 Å². The lowest BCUT2D eigenvalue weighted by Gasteiger charge is -2.21. The summed E-state index contributed by atoms with van der Waals surface area (Å²) in [4.78, 5) is 17.1. The lowest BCUT2D eigenvalue weighted by Crippen LogP contribution is -2.38. The van der Waals surface area contributed by atoms with Crippen LogP contribution in [-0.2, 0) is 17.7 Å². The Morgan fingerprint density at radius 1 is 1.48 bits per heavy atom. The van der Waals surface area contributed by atoms with E-state index in [1.807, 2.05) is 20.2 Å². The quantitative estimate of drug-likeness (QED) is 0.562. The molecule has 6 nitrogen and oxygen atoms in total. The molecule has 0 saturated heterocycles. The summed E-state index contributed by atoms with van der Waals surface area (Å²) in [6, 6.07) is 0. The van der Waals surface area contributed by atoms with Crippen molar-refractivity contribution in [2.45, 2.75) is 39.8 Å². The van der Waals surface area contributed by atoms with Crippen LogP contribution in [0.15, 0.2) is 16.6 Å². The monoisotopic (exact) mass is 381 g/mol. The molecule has 1 unspecified atom stereocenters. The van der Waals surface area contributed by atoms with Gasteiger partial charge in [0.15, 0.2) is 5.96 Å². The van der Waals surface area contributed by atoms with E-state index in [1.165, 1.54) is 4.88 Å². The van der Waals surface area contributed by atoms with E-state index in [-0.39, 0.29) is 6.10 Å². The van der Waals surface area contributed by atoms with Crippen molar-refractivity contribution in [2.24, 2.45) is 4.99 Å². The van der Waals surface area contributed by atoms with Gasteiger partial charge in [-0.05, 0) is 20.8 Å². The maximum Gasteiger partial charge on any atom is 0.194 e. The first-order chi connectivity index (χ1) is 12.0. The maximum absolute atomic E-state index is 5.33. The SMILES string of the molecule is CCNC(=NCCc1ncc(C)s1)N(C)Cc1csc(C(C)OC)n1. The zero-order valence-corrected chi connectivity index (χ0v) is 17.2. The fourth-order valence-electron chi connectivity index (χ4n) is 2.24. The van der Waals surface area contributed by atoms with Crippen LogP contribution >= 0.6 is 22.7 Å². The Bertz CT molecular complexity index is 682. The Morgan fingerprint density at radius 2 is 2.28 bits per heavy atom. The highest BCUT2D eigenvalue weighted by Crippen LogP contribution is 2.21. The minimum atomic E-state index is 0.0349. The van der Waals surface area contributed by atoms with Crippen LogP contribution in [0.1, 0.15) is 40.5 Å². The van der Waals surface area contributed by atoms with E-state index in [0.717, 1.165) is 47.7 Å². The van der Waals surface area contributed by atoms with Gasteiger partial charge in [0.25, 0.3) is 0 Å². The fourth-order valence-corrected chi connectivity index (χ4v) is 3.86. The number of hydrogen-bond donors (Lipinski definition) is 1. The zero-order valence-electron chi connectivity index (χ0n) is 15.6. The van der Waals surface area contributed by atoms with Gasteiger partial charge in [-0.2, -0.15) is 0 Å². The Hall–Kier alpha value is -1.51. The Kier molecular flexibility index (Phi) is 7.80. The number of nitrogens with zero attached hydrogens (tertiary/aromatic N) is 4. The third-order valence-corrected chi connectivity index (χ3v) is 5.65. The number of nitrogens with one attached hydrogen (secondary N) is 1. The van der Waals surface area contributed by atoms with E-state index in [0.29, 0.717) is 0 Å². The van der Waals surface area contributed by atoms with Crippen molar-refractivity contribution >= 4 is 28.6 Å². The molecule has 138 valence electrons. The molecule has 0 aromatic carbocycles. The molecule has 0 bridgehead atoms. The summed E-state index contributed by atoms with van der Waals surface area (Å²) >= 11 is 3.37. The molecule has 2 aromatic rings. The zero-order chi connectivity index (χ0) is 18.2. The number of aliphatic imine (C=N–C) groups is 1. The van der Waals surface area contributed by atoms with Crippen LogP contribution in [0.5, 0.6) is 0 Å². The lowest BCUT2D eigenvalue weighted by atomic mass is 10.4. The van der Waals surface area contributed by atoms with Crippen molar-refractivity contribution in [1.82, 2.24) is 20.2 Å². The number of hydrogen-bond acceptors (Lipinski definition) is 6. The highest BCUT2D eigenvalue weighted by molar-refractivity contribution is 7.11. The third-order valence-electron chi connectivity index (χ3n) is 3.62. The van der Waals surface area contributed by atoms with E-state index in [2.05, 4.69) is 39.4 Å². The average Bonchev–Trinajstić information content (AvgIpc) is 3.22. The van der Waals surface area contributed by atoms with Crippen molar-refractivity contribution in [3.05, 3.63) is 32.2 Å². The predicted molar refractivity (Wildman–Crippen MR) is 106 cm³/mol. The van der Waals surface area contributed by atoms with Gasteiger partial charge in [-0.3, -0.25) is 4.99 Å². The number of guanidine groups is 1. The van der Waals surface area contributed by atoms with Gasteiger partial charge in [-0.1, -0.05) is 0 Å². The number of thiazole rings is 2. The number of ether oxygens (including phenoxy) is 1. The molecule has 0 aliphatic rings. The minimum Gasteiger partial charge on any atom is -0.375 e. The van der Waals surface area contributed by atoms with Crippen LogP contribution in [0, 0.1) is 6.92 Å². The van der Waals surface area contributed by atoms with Gasteiger partial charge >= 0.3 is 0 Å². The summed E-state index contributed by atoms with van der Waals surface area (Å²) in [6.07, 6.45) is 2.82. The molecule has 0 aliphatic carbocycles. The molecule has 0 radical (unpaired) electrons. The van der Waals surface area contributed by atoms with Gasteiger partial charge in [0.2, 0.25) is 0 Å². The van der Waals surface area contributed by atoms with E-state index >= 15 is 0 Å².